The average molecular weight is 358 g/mol. The number of hydrogen-bond acceptors (Lipinski definition) is 3. The maximum atomic E-state index is 13.9. The predicted molar refractivity (Wildman–Crippen MR) is 76.9 cm³/mol. The maximum absolute atomic E-state index is 13.9. The first-order chi connectivity index (χ1) is 9.93. The minimum absolute atomic E-state index is 0.110. The standard InChI is InChI=1S/C14H10BrF2NO3/c1-8-5-13(11(17)6-12(8)18(19)20)21-14-9(7-15)3-2-4-10(14)16/h2-6H,7H2,1H3. The molecule has 0 N–H and O–H groups in total. The van der Waals surface area contributed by atoms with Gasteiger partial charge in [-0.15, -0.1) is 0 Å². The number of nitrogens with zero attached hydrogens (tertiary/aromatic N) is 1. The molecule has 0 unspecified atom stereocenters. The van der Waals surface area contributed by atoms with Gasteiger partial charge in [-0.1, -0.05) is 28.1 Å². The van der Waals surface area contributed by atoms with Gasteiger partial charge in [0.1, 0.15) is 0 Å². The van der Waals surface area contributed by atoms with Crippen molar-refractivity contribution in [3.8, 4) is 11.5 Å². The van der Waals surface area contributed by atoms with Gasteiger partial charge in [0.15, 0.2) is 23.1 Å². The van der Waals surface area contributed by atoms with E-state index in [0.717, 1.165) is 6.07 Å². The van der Waals surface area contributed by atoms with Gasteiger partial charge in [0, 0.05) is 16.5 Å². The van der Waals surface area contributed by atoms with E-state index in [2.05, 4.69) is 15.9 Å². The van der Waals surface area contributed by atoms with E-state index >= 15 is 0 Å². The molecule has 0 saturated carbocycles. The number of hydrogen-bond donors (Lipinski definition) is 0. The lowest BCUT2D eigenvalue weighted by Gasteiger charge is -2.12. The summed E-state index contributed by atoms with van der Waals surface area (Å²) in [6.07, 6.45) is 0. The van der Waals surface area contributed by atoms with Crippen molar-refractivity contribution in [1.82, 2.24) is 0 Å². The Bertz CT molecular complexity index is 707. The van der Waals surface area contributed by atoms with Gasteiger partial charge in [0.05, 0.1) is 11.0 Å². The monoisotopic (exact) mass is 357 g/mol. The summed E-state index contributed by atoms with van der Waals surface area (Å²) in [4.78, 5) is 10.0. The zero-order chi connectivity index (χ0) is 15.6. The summed E-state index contributed by atoms with van der Waals surface area (Å²) in [7, 11) is 0. The fraction of sp³-hybridized carbons (Fsp3) is 0.143. The third kappa shape index (κ3) is 3.18. The Morgan fingerprint density at radius 1 is 1.29 bits per heavy atom. The molecule has 2 aromatic rings. The smallest absolute Gasteiger partial charge is 0.275 e. The molecule has 0 aliphatic rings. The number of alkyl halides is 1. The highest BCUT2D eigenvalue weighted by molar-refractivity contribution is 9.08. The van der Waals surface area contributed by atoms with E-state index in [0.29, 0.717) is 10.9 Å². The van der Waals surface area contributed by atoms with Gasteiger partial charge in [-0.2, -0.15) is 0 Å². The van der Waals surface area contributed by atoms with E-state index in [1.54, 1.807) is 6.07 Å². The van der Waals surface area contributed by atoms with E-state index in [1.807, 2.05) is 0 Å². The van der Waals surface area contributed by atoms with Gasteiger partial charge >= 0.3 is 0 Å². The van der Waals surface area contributed by atoms with Crippen molar-refractivity contribution in [2.45, 2.75) is 12.3 Å². The van der Waals surface area contributed by atoms with Crippen molar-refractivity contribution < 1.29 is 18.4 Å². The number of rotatable bonds is 4. The van der Waals surface area contributed by atoms with Crippen molar-refractivity contribution in [3.05, 3.63) is 63.2 Å². The zero-order valence-corrected chi connectivity index (χ0v) is 12.5. The summed E-state index contributed by atoms with van der Waals surface area (Å²) in [6.45, 7) is 1.46. The lowest BCUT2D eigenvalue weighted by Crippen LogP contribution is -1.98. The van der Waals surface area contributed by atoms with Crippen molar-refractivity contribution in [2.75, 3.05) is 0 Å². The summed E-state index contributed by atoms with van der Waals surface area (Å²) in [5.74, 6) is -1.93. The third-order valence-corrected chi connectivity index (χ3v) is 3.46. The van der Waals surface area contributed by atoms with E-state index in [-0.39, 0.29) is 22.7 Å². The fourth-order valence-corrected chi connectivity index (χ4v) is 2.24. The van der Waals surface area contributed by atoms with Crippen molar-refractivity contribution in [1.29, 1.82) is 0 Å². The Labute approximate surface area is 127 Å². The number of nitro groups is 1. The molecule has 2 aromatic carbocycles. The topological polar surface area (TPSA) is 52.4 Å². The van der Waals surface area contributed by atoms with Crippen LogP contribution in [0.3, 0.4) is 0 Å². The molecule has 0 aromatic heterocycles. The molecule has 0 aliphatic carbocycles. The minimum atomic E-state index is -0.920. The third-order valence-electron chi connectivity index (χ3n) is 2.85. The lowest BCUT2D eigenvalue weighted by atomic mass is 10.2. The molecule has 110 valence electrons. The molecule has 0 fully saturated rings. The van der Waals surface area contributed by atoms with Crippen LogP contribution in [0, 0.1) is 28.7 Å². The molecule has 0 bridgehead atoms. The van der Waals surface area contributed by atoms with Gasteiger partial charge in [0.25, 0.3) is 5.69 Å². The second-order valence-electron chi connectivity index (χ2n) is 4.29. The molecule has 0 atom stereocenters. The minimum Gasteiger partial charge on any atom is -0.451 e. The van der Waals surface area contributed by atoms with Gasteiger partial charge in [-0.05, 0) is 19.1 Å². The van der Waals surface area contributed by atoms with Crippen LogP contribution in [-0.2, 0) is 5.33 Å². The van der Waals surface area contributed by atoms with Gasteiger partial charge < -0.3 is 4.74 Å². The molecular weight excluding hydrogens is 348 g/mol. The SMILES string of the molecule is Cc1cc(Oc2c(F)cccc2CBr)c(F)cc1[N+](=O)[O-]. The lowest BCUT2D eigenvalue weighted by molar-refractivity contribution is -0.385. The number of para-hydroxylation sites is 1. The van der Waals surface area contributed by atoms with Crippen LogP contribution >= 0.6 is 15.9 Å². The predicted octanol–water partition coefficient (Wildman–Crippen LogP) is 4.87. The first-order valence-electron chi connectivity index (χ1n) is 5.89. The second-order valence-corrected chi connectivity index (χ2v) is 4.85. The van der Waals surface area contributed by atoms with Crippen LogP contribution in [0.4, 0.5) is 14.5 Å². The number of ether oxygens (including phenoxy) is 1. The summed E-state index contributed by atoms with van der Waals surface area (Å²) in [5, 5.41) is 11.1. The van der Waals surface area contributed by atoms with Crippen molar-refractivity contribution in [2.24, 2.45) is 0 Å². The van der Waals surface area contributed by atoms with E-state index < -0.39 is 16.6 Å². The number of halogens is 3. The number of benzene rings is 2. The summed E-state index contributed by atoms with van der Waals surface area (Å²) < 4.78 is 32.9. The first-order valence-corrected chi connectivity index (χ1v) is 7.02. The van der Waals surface area contributed by atoms with Crippen molar-refractivity contribution >= 4 is 21.6 Å². The Kier molecular flexibility index (Phi) is 4.52. The highest BCUT2D eigenvalue weighted by atomic mass is 79.9. The van der Waals surface area contributed by atoms with Crippen LogP contribution in [0.2, 0.25) is 0 Å². The Morgan fingerprint density at radius 2 is 2.00 bits per heavy atom. The maximum Gasteiger partial charge on any atom is 0.275 e. The molecule has 0 aliphatic heterocycles. The highest BCUT2D eigenvalue weighted by Gasteiger charge is 2.18. The van der Waals surface area contributed by atoms with Gasteiger partial charge in [-0.25, -0.2) is 8.78 Å². The van der Waals surface area contributed by atoms with Gasteiger partial charge in [0.2, 0.25) is 0 Å². The van der Waals surface area contributed by atoms with Crippen LogP contribution in [0.25, 0.3) is 0 Å². The molecule has 0 amide bonds. The molecule has 7 heteroatoms. The molecule has 4 nitrogen and oxygen atoms in total. The molecule has 0 spiro atoms. The zero-order valence-electron chi connectivity index (χ0n) is 10.9. The number of aryl methyl sites for hydroxylation is 1. The normalized spacial score (nSPS) is 10.5. The summed E-state index contributed by atoms with van der Waals surface area (Å²) >= 11 is 3.19. The fourth-order valence-electron chi connectivity index (χ4n) is 1.80. The highest BCUT2D eigenvalue weighted by Crippen LogP contribution is 2.34. The van der Waals surface area contributed by atoms with Gasteiger partial charge in [-0.3, -0.25) is 10.1 Å². The summed E-state index contributed by atoms with van der Waals surface area (Å²) in [6, 6.07) is 6.27. The first kappa shape index (κ1) is 15.4. The van der Waals surface area contributed by atoms with E-state index in [4.69, 9.17) is 4.74 Å². The molecule has 0 heterocycles. The van der Waals surface area contributed by atoms with Crippen LogP contribution in [0.5, 0.6) is 11.5 Å². The van der Waals surface area contributed by atoms with Crippen LogP contribution in [0.15, 0.2) is 30.3 Å². The van der Waals surface area contributed by atoms with Crippen LogP contribution in [0.1, 0.15) is 11.1 Å². The van der Waals surface area contributed by atoms with Crippen LogP contribution in [-0.4, -0.2) is 4.92 Å². The quantitative estimate of drug-likeness (QED) is 0.445. The van der Waals surface area contributed by atoms with Crippen LogP contribution < -0.4 is 4.74 Å². The largest absolute Gasteiger partial charge is 0.451 e. The van der Waals surface area contributed by atoms with E-state index in [9.17, 15) is 18.9 Å². The molecule has 0 saturated heterocycles. The second kappa shape index (κ2) is 6.17. The molecule has 21 heavy (non-hydrogen) atoms. The Balaban J connectivity index is 2.46. The molecule has 0 radical (unpaired) electrons. The number of nitro benzene ring substituents is 1. The van der Waals surface area contributed by atoms with E-state index in [1.165, 1.54) is 25.1 Å². The molecule has 2 rings (SSSR count). The Morgan fingerprint density at radius 3 is 2.62 bits per heavy atom. The average Bonchev–Trinajstić information content (AvgIpc) is 2.44. The Hall–Kier alpha value is -2.02. The summed E-state index contributed by atoms with van der Waals surface area (Å²) in [5.41, 5.74) is 0.382. The molecular formula is C14H10BrF2NO3. The van der Waals surface area contributed by atoms with Crippen molar-refractivity contribution in [3.63, 3.8) is 0 Å².